The van der Waals surface area contributed by atoms with Crippen LogP contribution in [0, 0.1) is 0 Å². The van der Waals surface area contributed by atoms with Gasteiger partial charge in [-0.2, -0.15) is 0 Å². The van der Waals surface area contributed by atoms with Gasteiger partial charge in [-0.3, -0.25) is 9.69 Å². The minimum absolute atomic E-state index is 0.201. The Morgan fingerprint density at radius 1 is 1.20 bits per heavy atom. The average Bonchev–Trinajstić information content (AvgIpc) is 2.47. The van der Waals surface area contributed by atoms with Gasteiger partial charge in [0.25, 0.3) is 0 Å². The van der Waals surface area contributed by atoms with E-state index < -0.39 is 0 Å². The van der Waals surface area contributed by atoms with Crippen molar-refractivity contribution in [1.82, 2.24) is 9.80 Å². The van der Waals surface area contributed by atoms with Crippen molar-refractivity contribution in [3.05, 3.63) is 0 Å². The molecule has 2 N–H and O–H groups in total. The Balaban J connectivity index is 4.25. The maximum absolute atomic E-state index is 12.1. The molecule has 0 heterocycles. The monoisotopic (exact) mass is 287 g/mol. The van der Waals surface area contributed by atoms with Gasteiger partial charge in [0.2, 0.25) is 5.91 Å². The number of hydrogen-bond donors (Lipinski definition) is 1. The second-order valence-electron chi connectivity index (χ2n) is 5.21. The van der Waals surface area contributed by atoms with Gasteiger partial charge in [-0.15, -0.1) is 0 Å². The number of amides is 1. The number of nitrogens with zero attached hydrogens (tertiary/aromatic N) is 2. The van der Waals surface area contributed by atoms with E-state index in [1.807, 2.05) is 7.05 Å². The van der Waals surface area contributed by atoms with Gasteiger partial charge in [0.15, 0.2) is 0 Å². The zero-order valence-corrected chi connectivity index (χ0v) is 13.7. The number of nitrogens with two attached hydrogens (primary N) is 1. The number of hydrogen-bond acceptors (Lipinski definition) is 4. The molecule has 0 saturated carbocycles. The Morgan fingerprint density at radius 2 is 1.85 bits per heavy atom. The summed E-state index contributed by atoms with van der Waals surface area (Å²) in [6.45, 7) is 8.19. The van der Waals surface area contributed by atoms with Crippen LogP contribution in [0.1, 0.15) is 39.5 Å². The number of carbonyl (C=O) groups is 1. The molecule has 0 aliphatic carbocycles. The number of ether oxygens (including phenoxy) is 1. The van der Waals surface area contributed by atoms with Crippen LogP contribution >= 0.6 is 0 Å². The minimum Gasteiger partial charge on any atom is -0.383 e. The number of methoxy groups -OCH3 is 1. The van der Waals surface area contributed by atoms with Crippen LogP contribution < -0.4 is 5.73 Å². The summed E-state index contributed by atoms with van der Waals surface area (Å²) in [6, 6.07) is 0.535. The van der Waals surface area contributed by atoms with Crippen molar-refractivity contribution in [2.24, 2.45) is 5.73 Å². The molecular formula is C15H33N3O2. The first-order valence-electron chi connectivity index (χ1n) is 7.77. The lowest BCUT2D eigenvalue weighted by Gasteiger charge is -2.30. The normalized spacial score (nSPS) is 11.3. The van der Waals surface area contributed by atoms with Gasteiger partial charge >= 0.3 is 0 Å². The molecule has 0 atom stereocenters. The van der Waals surface area contributed by atoms with Crippen molar-refractivity contribution in [2.45, 2.75) is 45.6 Å². The van der Waals surface area contributed by atoms with E-state index in [4.69, 9.17) is 10.5 Å². The Labute approximate surface area is 124 Å². The van der Waals surface area contributed by atoms with Crippen molar-refractivity contribution >= 4 is 5.91 Å². The predicted octanol–water partition coefficient (Wildman–Crippen LogP) is 1.32. The third-order valence-electron chi connectivity index (χ3n) is 3.78. The lowest BCUT2D eigenvalue weighted by atomic mass is 10.1. The highest BCUT2D eigenvalue weighted by Gasteiger charge is 2.17. The van der Waals surface area contributed by atoms with Gasteiger partial charge < -0.3 is 15.4 Å². The average molecular weight is 287 g/mol. The van der Waals surface area contributed by atoms with Crippen molar-refractivity contribution in [1.29, 1.82) is 0 Å². The summed E-state index contributed by atoms with van der Waals surface area (Å²) in [5.74, 6) is 0.201. The third kappa shape index (κ3) is 7.82. The van der Waals surface area contributed by atoms with Crippen LogP contribution in [0.4, 0.5) is 0 Å². The van der Waals surface area contributed by atoms with Gasteiger partial charge in [0, 0.05) is 46.3 Å². The molecule has 5 heteroatoms. The van der Waals surface area contributed by atoms with Crippen LogP contribution in [0.2, 0.25) is 0 Å². The number of rotatable bonds is 12. The van der Waals surface area contributed by atoms with Crippen molar-refractivity contribution in [2.75, 3.05) is 46.9 Å². The molecule has 0 aromatic heterocycles. The van der Waals surface area contributed by atoms with E-state index in [0.29, 0.717) is 25.6 Å². The fraction of sp³-hybridized carbons (Fsp3) is 0.933. The largest absolute Gasteiger partial charge is 0.383 e. The zero-order valence-electron chi connectivity index (χ0n) is 13.7. The molecule has 0 aliphatic rings. The summed E-state index contributed by atoms with van der Waals surface area (Å²) < 4.78 is 5.17. The quantitative estimate of drug-likeness (QED) is 0.588. The van der Waals surface area contributed by atoms with Crippen molar-refractivity contribution in [3.63, 3.8) is 0 Å². The van der Waals surface area contributed by atoms with Gasteiger partial charge in [0.1, 0.15) is 0 Å². The van der Waals surface area contributed by atoms with E-state index in [1.165, 1.54) is 0 Å². The summed E-state index contributed by atoms with van der Waals surface area (Å²) in [5, 5.41) is 0. The molecule has 0 spiro atoms. The summed E-state index contributed by atoms with van der Waals surface area (Å²) in [4.78, 5) is 16.2. The Kier molecular flexibility index (Phi) is 11.7. The smallest absolute Gasteiger partial charge is 0.223 e. The molecule has 0 aromatic rings. The van der Waals surface area contributed by atoms with Gasteiger partial charge in [0.05, 0.1) is 6.61 Å². The molecule has 5 nitrogen and oxygen atoms in total. The SMILES string of the molecule is CCC(CC)N(CCOC)CCC(=O)N(C)CCCN. The Bertz CT molecular complexity index is 245. The van der Waals surface area contributed by atoms with Crippen LogP contribution in [0.3, 0.4) is 0 Å². The van der Waals surface area contributed by atoms with Crippen LogP contribution in [0.25, 0.3) is 0 Å². The van der Waals surface area contributed by atoms with E-state index in [-0.39, 0.29) is 5.91 Å². The molecule has 20 heavy (non-hydrogen) atoms. The predicted molar refractivity (Wildman–Crippen MR) is 83.7 cm³/mol. The van der Waals surface area contributed by atoms with Gasteiger partial charge in [-0.05, 0) is 25.8 Å². The summed E-state index contributed by atoms with van der Waals surface area (Å²) in [7, 11) is 3.57. The highest BCUT2D eigenvalue weighted by atomic mass is 16.5. The first-order valence-corrected chi connectivity index (χ1v) is 7.77. The van der Waals surface area contributed by atoms with E-state index in [2.05, 4.69) is 18.7 Å². The highest BCUT2D eigenvalue weighted by molar-refractivity contribution is 5.76. The van der Waals surface area contributed by atoms with E-state index >= 15 is 0 Å². The van der Waals surface area contributed by atoms with E-state index in [9.17, 15) is 4.79 Å². The lowest BCUT2D eigenvalue weighted by Crippen LogP contribution is -2.40. The molecule has 0 radical (unpaired) electrons. The zero-order chi connectivity index (χ0) is 15.4. The molecule has 120 valence electrons. The molecular weight excluding hydrogens is 254 g/mol. The standard InChI is InChI=1S/C15H33N3O2/c1-5-14(6-2)18(12-13-20-4)11-8-15(19)17(3)10-7-9-16/h14H,5-13,16H2,1-4H3. The molecule has 0 saturated heterocycles. The molecule has 0 aliphatic heterocycles. The van der Waals surface area contributed by atoms with Crippen LogP contribution in [-0.4, -0.2) is 68.7 Å². The molecule has 0 unspecified atom stereocenters. The molecule has 0 fully saturated rings. The number of carbonyl (C=O) groups excluding carboxylic acids is 1. The minimum atomic E-state index is 0.201. The Morgan fingerprint density at radius 3 is 2.35 bits per heavy atom. The van der Waals surface area contributed by atoms with E-state index in [1.54, 1.807) is 12.0 Å². The van der Waals surface area contributed by atoms with Crippen LogP contribution in [0.5, 0.6) is 0 Å². The summed E-state index contributed by atoms with van der Waals surface area (Å²) in [5.41, 5.74) is 5.47. The maximum Gasteiger partial charge on any atom is 0.223 e. The van der Waals surface area contributed by atoms with Crippen molar-refractivity contribution < 1.29 is 9.53 Å². The lowest BCUT2D eigenvalue weighted by molar-refractivity contribution is -0.130. The Hall–Kier alpha value is -0.650. The topological polar surface area (TPSA) is 58.8 Å². The molecule has 0 aromatic carbocycles. The van der Waals surface area contributed by atoms with Crippen LogP contribution in [-0.2, 0) is 9.53 Å². The third-order valence-corrected chi connectivity index (χ3v) is 3.78. The maximum atomic E-state index is 12.1. The second-order valence-corrected chi connectivity index (χ2v) is 5.21. The summed E-state index contributed by atoms with van der Waals surface area (Å²) >= 11 is 0. The van der Waals surface area contributed by atoms with Crippen molar-refractivity contribution in [3.8, 4) is 0 Å². The van der Waals surface area contributed by atoms with Gasteiger partial charge in [-0.25, -0.2) is 0 Å². The molecule has 0 bridgehead atoms. The molecule has 1 amide bonds. The van der Waals surface area contributed by atoms with Gasteiger partial charge in [-0.1, -0.05) is 13.8 Å². The molecule has 0 rings (SSSR count). The first-order chi connectivity index (χ1) is 9.60. The highest BCUT2D eigenvalue weighted by Crippen LogP contribution is 2.09. The van der Waals surface area contributed by atoms with E-state index in [0.717, 1.165) is 38.9 Å². The fourth-order valence-electron chi connectivity index (χ4n) is 2.37. The first kappa shape index (κ1) is 19.4. The second kappa shape index (κ2) is 12.1. The fourth-order valence-corrected chi connectivity index (χ4v) is 2.37. The van der Waals surface area contributed by atoms with Crippen LogP contribution in [0.15, 0.2) is 0 Å². The summed E-state index contributed by atoms with van der Waals surface area (Å²) in [6.07, 6.45) is 3.65.